The van der Waals surface area contributed by atoms with Crippen molar-refractivity contribution in [3.8, 4) is 0 Å². The Kier molecular flexibility index (Phi) is 2.94. The zero-order chi connectivity index (χ0) is 11.8. The molecule has 2 fully saturated rings. The van der Waals surface area contributed by atoms with E-state index in [1.165, 1.54) is 32.0 Å². The first kappa shape index (κ1) is 11.3. The molecule has 3 atom stereocenters. The lowest BCUT2D eigenvalue weighted by Crippen LogP contribution is -2.20. The van der Waals surface area contributed by atoms with Gasteiger partial charge in [-0.3, -0.25) is 0 Å². The molecule has 1 heterocycles. The molecule has 0 spiro atoms. The molecule has 1 aromatic rings. The van der Waals surface area contributed by atoms with E-state index in [9.17, 15) is 0 Å². The quantitative estimate of drug-likeness (QED) is 0.900. The topological polar surface area (TPSA) is 63.8 Å². The van der Waals surface area contributed by atoms with Crippen molar-refractivity contribution >= 4 is 27.6 Å². The summed E-state index contributed by atoms with van der Waals surface area (Å²) in [7, 11) is 0. The van der Waals surface area contributed by atoms with E-state index in [1.54, 1.807) is 0 Å². The Bertz CT molecular complexity index is 423. The molecule has 0 amide bonds. The second kappa shape index (κ2) is 4.44. The third-order valence-corrected chi connectivity index (χ3v) is 5.01. The fourth-order valence-corrected chi connectivity index (χ4v) is 3.71. The molecular weight excluding hydrogens is 280 g/mol. The minimum absolute atomic E-state index is 0.496. The minimum Gasteiger partial charge on any atom is -0.383 e. The maximum absolute atomic E-state index is 5.73. The molecular formula is C12H17BrN4. The van der Waals surface area contributed by atoms with Gasteiger partial charge in [-0.2, -0.15) is 0 Å². The Morgan fingerprint density at radius 1 is 1.35 bits per heavy atom. The number of anilines is 2. The number of nitrogen functional groups attached to an aromatic ring is 1. The van der Waals surface area contributed by atoms with Crippen molar-refractivity contribution in [1.29, 1.82) is 0 Å². The van der Waals surface area contributed by atoms with E-state index >= 15 is 0 Å². The van der Waals surface area contributed by atoms with Crippen molar-refractivity contribution in [2.45, 2.75) is 25.7 Å². The second-order valence-corrected chi connectivity index (χ2v) is 6.03. The van der Waals surface area contributed by atoms with Gasteiger partial charge in [-0.05, 0) is 52.9 Å². The number of fused-ring (bicyclic) bond motifs is 2. The van der Waals surface area contributed by atoms with Crippen molar-refractivity contribution in [2.75, 3.05) is 17.6 Å². The number of hydrogen-bond donors (Lipinski definition) is 2. The molecule has 92 valence electrons. The van der Waals surface area contributed by atoms with Crippen LogP contribution in [-0.2, 0) is 0 Å². The number of rotatable bonds is 3. The maximum atomic E-state index is 5.73. The smallest absolute Gasteiger partial charge is 0.145 e. The summed E-state index contributed by atoms with van der Waals surface area (Å²) in [5, 5.41) is 3.40. The third-order valence-electron chi connectivity index (χ3n) is 4.23. The monoisotopic (exact) mass is 296 g/mol. The number of nitrogens with one attached hydrogen (secondary N) is 1. The van der Waals surface area contributed by atoms with E-state index in [2.05, 4.69) is 31.2 Å². The van der Waals surface area contributed by atoms with Gasteiger partial charge in [0.2, 0.25) is 0 Å². The van der Waals surface area contributed by atoms with Crippen LogP contribution in [0.25, 0.3) is 0 Å². The predicted octanol–water partition coefficient (Wildman–Crippen LogP) is 2.67. The first-order chi connectivity index (χ1) is 8.24. The first-order valence-electron chi connectivity index (χ1n) is 6.24. The van der Waals surface area contributed by atoms with Gasteiger partial charge in [0.05, 0.1) is 0 Å². The minimum atomic E-state index is 0.496. The van der Waals surface area contributed by atoms with Crippen LogP contribution in [0.1, 0.15) is 25.7 Å². The average Bonchev–Trinajstić information content (AvgIpc) is 2.93. The van der Waals surface area contributed by atoms with Crippen LogP contribution in [0, 0.1) is 17.8 Å². The van der Waals surface area contributed by atoms with Crippen molar-refractivity contribution in [1.82, 2.24) is 9.97 Å². The lowest BCUT2D eigenvalue weighted by atomic mass is 9.89. The van der Waals surface area contributed by atoms with Crippen LogP contribution in [0.15, 0.2) is 10.8 Å². The number of nitrogens with two attached hydrogens (primary N) is 1. The van der Waals surface area contributed by atoms with Gasteiger partial charge in [0.15, 0.2) is 0 Å². The zero-order valence-corrected chi connectivity index (χ0v) is 11.3. The molecule has 1 aromatic heterocycles. The second-order valence-electron chi connectivity index (χ2n) is 5.24. The number of nitrogens with zero attached hydrogens (tertiary/aromatic N) is 2. The van der Waals surface area contributed by atoms with Crippen LogP contribution in [0.5, 0.6) is 0 Å². The molecule has 2 bridgehead atoms. The van der Waals surface area contributed by atoms with E-state index in [-0.39, 0.29) is 0 Å². The van der Waals surface area contributed by atoms with E-state index < -0.39 is 0 Å². The largest absolute Gasteiger partial charge is 0.383 e. The fourth-order valence-electron chi connectivity index (χ4n) is 3.36. The Morgan fingerprint density at radius 2 is 2.24 bits per heavy atom. The standard InChI is InChI=1S/C12H17BrN4/c13-10-11(14)16-6-17-12(10)15-5-9-4-7-1-2-8(9)3-7/h6-9H,1-5H2,(H3,14,15,16,17). The highest BCUT2D eigenvalue weighted by molar-refractivity contribution is 9.10. The molecule has 5 heteroatoms. The molecule has 2 aliphatic carbocycles. The van der Waals surface area contributed by atoms with Crippen LogP contribution >= 0.6 is 15.9 Å². The molecule has 0 saturated heterocycles. The molecule has 0 radical (unpaired) electrons. The normalized spacial score (nSPS) is 30.8. The van der Waals surface area contributed by atoms with E-state index in [0.717, 1.165) is 34.6 Å². The molecule has 0 aromatic carbocycles. The predicted molar refractivity (Wildman–Crippen MR) is 71.6 cm³/mol. The summed E-state index contributed by atoms with van der Waals surface area (Å²) < 4.78 is 0.781. The van der Waals surface area contributed by atoms with Gasteiger partial charge in [-0.1, -0.05) is 6.42 Å². The Labute approximate surface area is 110 Å². The van der Waals surface area contributed by atoms with E-state index in [4.69, 9.17) is 5.73 Å². The molecule has 3 rings (SSSR count). The van der Waals surface area contributed by atoms with Crippen molar-refractivity contribution in [3.63, 3.8) is 0 Å². The summed E-state index contributed by atoms with van der Waals surface area (Å²) in [4.78, 5) is 8.15. The molecule has 3 unspecified atom stereocenters. The van der Waals surface area contributed by atoms with Crippen LogP contribution in [-0.4, -0.2) is 16.5 Å². The maximum Gasteiger partial charge on any atom is 0.145 e. The number of hydrogen-bond acceptors (Lipinski definition) is 4. The summed E-state index contributed by atoms with van der Waals surface area (Å²) in [6.45, 7) is 1.01. The van der Waals surface area contributed by atoms with Gasteiger partial charge < -0.3 is 11.1 Å². The fraction of sp³-hybridized carbons (Fsp3) is 0.667. The van der Waals surface area contributed by atoms with Crippen molar-refractivity contribution in [2.24, 2.45) is 17.8 Å². The highest BCUT2D eigenvalue weighted by Gasteiger charge is 2.39. The first-order valence-corrected chi connectivity index (χ1v) is 7.03. The summed E-state index contributed by atoms with van der Waals surface area (Å²) in [6.07, 6.45) is 7.20. The van der Waals surface area contributed by atoms with E-state index in [1.807, 2.05) is 0 Å². The molecule has 2 saturated carbocycles. The van der Waals surface area contributed by atoms with Gasteiger partial charge in [-0.25, -0.2) is 9.97 Å². The highest BCUT2D eigenvalue weighted by atomic mass is 79.9. The SMILES string of the molecule is Nc1ncnc(NCC2CC3CCC2C3)c1Br. The number of aromatic nitrogens is 2. The lowest BCUT2D eigenvalue weighted by molar-refractivity contribution is 0.348. The van der Waals surface area contributed by atoms with Crippen LogP contribution in [0.2, 0.25) is 0 Å². The average molecular weight is 297 g/mol. The summed E-state index contributed by atoms with van der Waals surface area (Å²) in [6, 6.07) is 0. The van der Waals surface area contributed by atoms with E-state index in [0.29, 0.717) is 5.82 Å². The summed E-state index contributed by atoms with van der Waals surface area (Å²) in [5.41, 5.74) is 5.73. The van der Waals surface area contributed by atoms with Gasteiger partial charge >= 0.3 is 0 Å². The Hall–Kier alpha value is -0.840. The van der Waals surface area contributed by atoms with Crippen LogP contribution in [0.4, 0.5) is 11.6 Å². The Balaban J connectivity index is 1.62. The van der Waals surface area contributed by atoms with Gasteiger partial charge in [0.1, 0.15) is 22.4 Å². The van der Waals surface area contributed by atoms with Gasteiger partial charge in [-0.15, -0.1) is 0 Å². The van der Waals surface area contributed by atoms with Crippen molar-refractivity contribution < 1.29 is 0 Å². The van der Waals surface area contributed by atoms with Gasteiger partial charge in [0.25, 0.3) is 0 Å². The molecule has 0 aliphatic heterocycles. The van der Waals surface area contributed by atoms with Crippen LogP contribution in [0.3, 0.4) is 0 Å². The van der Waals surface area contributed by atoms with Crippen molar-refractivity contribution in [3.05, 3.63) is 10.8 Å². The zero-order valence-electron chi connectivity index (χ0n) is 9.69. The van der Waals surface area contributed by atoms with Crippen LogP contribution < -0.4 is 11.1 Å². The summed E-state index contributed by atoms with van der Waals surface area (Å²) >= 11 is 3.42. The lowest BCUT2D eigenvalue weighted by Gasteiger charge is -2.22. The Morgan fingerprint density at radius 3 is 2.94 bits per heavy atom. The molecule has 4 nitrogen and oxygen atoms in total. The third kappa shape index (κ3) is 2.12. The molecule has 2 aliphatic rings. The van der Waals surface area contributed by atoms with Gasteiger partial charge in [0, 0.05) is 6.54 Å². The molecule has 17 heavy (non-hydrogen) atoms. The highest BCUT2D eigenvalue weighted by Crippen LogP contribution is 2.48. The number of halogens is 1. The molecule has 3 N–H and O–H groups in total. The summed E-state index contributed by atoms with van der Waals surface area (Å²) in [5.74, 6) is 4.06.